The van der Waals surface area contributed by atoms with Gasteiger partial charge in [0.25, 0.3) is 0 Å². The molecule has 24 heavy (non-hydrogen) atoms. The molecule has 2 aromatic rings. The maximum atomic E-state index is 10.4. The van der Waals surface area contributed by atoms with Crippen LogP contribution in [0.5, 0.6) is 5.75 Å². The fourth-order valence-corrected chi connectivity index (χ4v) is 4.01. The molecule has 1 aromatic heterocycles. The summed E-state index contributed by atoms with van der Waals surface area (Å²) in [5.41, 5.74) is 1.36. The summed E-state index contributed by atoms with van der Waals surface area (Å²) in [6, 6.07) is 7.21. The van der Waals surface area contributed by atoms with E-state index >= 15 is 0 Å². The van der Waals surface area contributed by atoms with Crippen LogP contribution in [0.1, 0.15) is 26.7 Å². The molecule has 128 valence electrons. The van der Waals surface area contributed by atoms with Gasteiger partial charge >= 0.3 is 0 Å². The van der Waals surface area contributed by atoms with Crippen LogP contribution in [0.2, 0.25) is 10.0 Å². The first-order chi connectivity index (χ1) is 11.4. The summed E-state index contributed by atoms with van der Waals surface area (Å²) in [7, 11) is 0. The Hall–Kier alpha value is -1.10. The zero-order chi connectivity index (χ0) is 17.3. The standard InChI is InChI=1S/C18H20Cl2N2OS/c1-18(2)6-8-22(9-7-18)12-10-14(23)17(21-11-12)24-15-5-3-4-13(19)16(15)20/h3-5,10-11,23H,6-9H2,1-2H3. The van der Waals surface area contributed by atoms with Gasteiger partial charge in [-0.05, 0) is 30.4 Å². The van der Waals surface area contributed by atoms with E-state index in [1.807, 2.05) is 18.3 Å². The number of aromatic nitrogens is 1. The van der Waals surface area contributed by atoms with Gasteiger partial charge in [0.2, 0.25) is 0 Å². The van der Waals surface area contributed by atoms with Crippen molar-refractivity contribution in [1.29, 1.82) is 0 Å². The Morgan fingerprint density at radius 1 is 1.21 bits per heavy atom. The van der Waals surface area contributed by atoms with Crippen molar-refractivity contribution in [2.45, 2.75) is 36.6 Å². The molecule has 0 atom stereocenters. The van der Waals surface area contributed by atoms with Crippen LogP contribution in [-0.4, -0.2) is 23.2 Å². The molecule has 1 fully saturated rings. The fourth-order valence-electron chi connectivity index (χ4n) is 2.72. The zero-order valence-corrected chi connectivity index (χ0v) is 16.0. The molecule has 1 aromatic carbocycles. The molecular formula is C18H20Cl2N2OS. The first-order valence-corrected chi connectivity index (χ1v) is 9.49. The minimum absolute atomic E-state index is 0.165. The van der Waals surface area contributed by atoms with Crippen LogP contribution in [-0.2, 0) is 0 Å². The van der Waals surface area contributed by atoms with Gasteiger partial charge in [-0.25, -0.2) is 4.98 Å². The molecule has 1 aliphatic rings. The molecule has 1 saturated heterocycles. The van der Waals surface area contributed by atoms with Gasteiger partial charge in [0.1, 0.15) is 10.8 Å². The Morgan fingerprint density at radius 2 is 1.92 bits per heavy atom. The number of benzene rings is 1. The van der Waals surface area contributed by atoms with Crippen LogP contribution in [0.15, 0.2) is 40.4 Å². The van der Waals surface area contributed by atoms with Gasteiger partial charge in [0, 0.05) is 24.1 Å². The van der Waals surface area contributed by atoms with E-state index in [1.165, 1.54) is 11.8 Å². The third kappa shape index (κ3) is 3.93. The van der Waals surface area contributed by atoms with E-state index in [0.717, 1.165) is 36.5 Å². The van der Waals surface area contributed by atoms with Crippen molar-refractivity contribution in [2.24, 2.45) is 5.41 Å². The van der Waals surface area contributed by atoms with E-state index in [-0.39, 0.29) is 5.75 Å². The van der Waals surface area contributed by atoms with Crippen molar-refractivity contribution in [3.8, 4) is 5.75 Å². The summed E-state index contributed by atoms with van der Waals surface area (Å²) in [5, 5.41) is 11.9. The number of anilines is 1. The molecule has 2 heterocycles. The Labute approximate surface area is 157 Å². The molecular weight excluding hydrogens is 363 g/mol. The molecule has 0 aliphatic carbocycles. The summed E-state index contributed by atoms with van der Waals surface area (Å²) in [6.45, 7) is 6.57. The van der Waals surface area contributed by atoms with E-state index in [0.29, 0.717) is 20.5 Å². The molecule has 3 rings (SSSR count). The van der Waals surface area contributed by atoms with Crippen molar-refractivity contribution < 1.29 is 5.11 Å². The summed E-state index contributed by atoms with van der Waals surface area (Å²) in [6.07, 6.45) is 4.10. The highest BCUT2D eigenvalue weighted by molar-refractivity contribution is 7.99. The summed E-state index contributed by atoms with van der Waals surface area (Å²) >= 11 is 13.6. The topological polar surface area (TPSA) is 36.4 Å². The second-order valence-corrected chi connectivity index (χ2v) is 8.64. The predicted molar refractivity (Wildman–Crippen MR) is 102 cm³/mol. The first kappa shape index (κ1) is 17.7. The Kier molecular flexibility index (Phi) is 5.19. The highest BCUT2D eigenvalue weighted by Gasteiger charge is 2.26. The molecule has 6 heteroatoms. The third-order valence-corrected chi connectivity index (χ3v) is 6.42. The van der Waals surface area contributed by atoms with Crippen LogP contribution >= 0.6 is 35.0 Å². The molecule has 0 radical (unpaired) electrons. The maximum Gasteiger partial charge on any atom is 0.150 e. The van der Waals surface area contributed by atoms with Crippen molar-refractivity contribution in [2.75, 3.05) is 18.0 Å². The third-order valence-electron chi connectivity index (χ3n) is 4.42. The zero-order valence-electron chi connectivity index (χ0n) is 13.7. The Bertz CT molecular complexity index is 742. The minimum Gasteiger partial charge on any atom is -0.505 e. The van der Waals surface area contributed by atoms with Gasteiger partial charge in [-0.15, -0.1) is 0 Å². The monoisotopic (exact) mass is 382 g/mol. The van der Waals surface area contributed by atoms with Gasteiger partial charge in [-0.3, -0.25) is 0 Å². The Balaban J connectivity index is 1.77. The lowest BCUT2D eigenvalue weighted by molar-refractivity contribution is 0.279. The van der Waals surface area contributed by atoms with Gasteiger partial charge < -0.3 is 10.0 Å². The van der Waals surface area contributed by atoms with E-state index < -0.39 is 0 Å². The highest BCUT2D eigenvalue weighted by atomic mass is 35.5. The fraction of sp³-hybridized carbons (Fsp3) is 0.389. The summed E-state index contributed by atoms with van der Waals surface area (Å²) in [4.78, 5) is 7.48. The lowest BCUT2D eigenvalue weighted by Crippen LogP contribution is -2.37. The number of aromatic hydroxyl groups is 1. The number of piperidine rings is 1. The predicted octanol–water partition coefficient (Wildman–Crippen LogP) is 5.87. The number of pyridine rings is 1. The molecule has 0 spiro atoms. The van der Waals surface area contributed by atoms with E-state index in [4.69, 9.17) is 23.2 Å². The first-order valence-electron chi connectivity index (χ1n) is 7.91. The van der Waals surface area contributed by atoms with E-state index in [9.17, 15) is 5.11 Å². The smallest absolute Gasteiger partial charge is 0.150 e. The van der Waals surface area contributed by atoms with Gasteiger partial charge in [0.15, 0.2) is 0 Å². The molecule has 1 N–H and O–H groups in total. The Morgan fingerprint density at radius 3 is 2.58 bits per heavy atom. The van der Waals surface area contributed by atoms with Crippen molar-refractivity contribution in [1.82, 2.24) is 4.98 Å². The average Bonchev–Trinajstić information content (AvgIpc) is 2.53. The number of hydrogen-bond acceptors (Lipinski definition) is 4. The largest absolute Gasteiger partial charge is 0.505 e. The second kappa shape index (κ2) is 7.03. The molecule has 0 unspecified atom stereocenters. The summed E-state index contributed by atoms with van der Waals surface area (Å²) in [5.74, 6) is 0.165. The molecule has 0 bridgehead atoms. The average molecular weight is 383 g/mol. The molecule has 0 amide bonds. The van der Waals surface area contributed by atoms with Crippen LogP contribution < -0.4 is 4.90 Å². The van der Waals surface area contributed by atoms with Crippen molar-refractivity contribution in [3.63, 3.8) is 0 Å². The van der Waals surface area contributed by atoms with Crippen LogP contribution in [0.25, 0.3) is 0 Å². The number of hydrogen-bond donors (Lipinski definition) is 1. The van der Waals surface area contributed by atoms with E-state index in [2.05, 4.69) is 23.7 Å². The van der Waals surface area contributed by atoms with E-state index in [1.54, 1.807) is 12.1 Å². The van der Waals surface area contributed by atoms with Gasteiger partial charge in [-0.2, -0.15) is 0 Å². The minimum atomic E-state index is 0.165. The summed E-state index contributed by atoms with van der Waals surface area (Å²) < 4.78 is 0. The quantitative estimate of drug-likeness (QED) is 0.719. The van der Waals surface area contributed by atoms with Crippen LogP contribution in [0.3, 0.4) is 0 Å². The molecule has 3 nitrogen and oxygen atoms in total. The number of nitrogens with zero attached hydrogens (tertiary/aromatic N) is 2. The lowest BCUT2D eigenvalue weighted by Gasteiger charge is -2.38. The van der Waals surface area contributed by atoms with Gasteiger partial charge in [0.05, 0.1) is 21.9 Å². The van der Waals surface area contributed by atoms with Crippen molar-refractivity contribution >= 4 is 40.7 Å². The normalized spacial score (nSPS) is 17.1. The van der Waals surface area contributed by atoms with Crippen LogP contribution in [0, 0.1) is 5.41 Å². The maximum absolute atomic E-state index is 10.4. The lowest BCUT2D eigenvalue weighted by atomic mass is 9.82. The van der Waals surface area contributed by atoms with Crippen LogP contribution in [0.4, 0.5) is 5.69 Å². The second-order valence-electron chi connectivity index (χ2n) is 6.82. The number of rotatable bonds is 3. The number of halogens is 2. The molecule has 0 saturated carbocycles. The highest BCUT2D eigenvalue weighted by Crippen LogP contribution is 2.40. The molecule has 1 aliphatic heterocycles. The SMILES string of the molecule is CC1(C)CCN(c2cnc(Sc3cccc(Cl)c3Cl)c(O)c2)CC1. The van der Waals surface area contributed by atoms with Crippen molar-refractivity contribution in [3.05, 3.63) is 40.5 Å². The van der Waals surface area contributed by atoms with Gasteiger partial charge in [-0.1, -0.05) is 54.9 Å².